The van der Waals surface area contributed by atoms with E-state index in [1.165, 1.54) is 5.56 Å². The van der Waals surface area contributed by atoms with Crippen LogP contribution in [0.1, 0.15) is 50.7 Å². The minimum Gasteiger partial charge on any atom is -0.330 e. The zero-order valence-corrected chi connectivity index (χ0v) is 11.4. The van der Waals surface area contributed by atoms with Gasteiger partial charge in [-0.05, 0) is 29.4 Å². The average molecular weight is 243 g/mol. The van der Waals surface area contributed by atoms with Gasteiger partial charge in [0.05, 0.1) is 5.92 Å². The number of benzene rings is 1. The standard InChI is InChI=1S/C16H21NO/c1-11-8-9-14(15(18)17-11)12-6-5-7-13(10-12)16(2,3)4/h5-7,10,14H,1,8-9H2,2-4H3,(H,17,18). The number of carbonyl (C=O) groups excluding carboxylic acids is 1. The van der Waals surface area contributed by atoms with Crippen LogP contribution in [0.25, 0.3) is 0 Å². The van der Waals surface area contributed by atoms with Crippen LogP contribution in [0.2, 0.25) is 0 Å². The van der Waals surface area contributed by atoms with Crippen LogP contribution in [0.15, 0.2) is 36.5 Å². The SMILES string of the molecule is C=C1CCC(c2cccc(C(C)(C)C)c2)C(=O)N1. The van der Waals surface area contributed by atoms with Crippen molar-refractivity contribution in [2.24, 2.45) is 0 Å². The van der Waals surface area contributed by atoms with Crippen molar-refractivity contribution >= 4 is 5.91 Å². The van der Waals surface area contributed by atoms with Crippen molar-refractivity contribution in [1.29, 1.82) is 0 Å². The highest BCUT2D eigenvalue weighted by Gasteiger charge is 2.26. The number of allylic oxidation sites excluding steroid dienone is 1. The highest BCUT2D eigenvalue weighted by molar-refractivity contribution is 5.86. The van der Waals surface area contributed by atoms with Gasteiger partial charge in [0.25, 0.3) is 0 Å². The minimum absolute atomic E-state index is 0.0298. The van der Waals surface area contributed by atoms with Crippen molar-refractivity contribution in [3.05, 3.63) is 47.7 Å². The van der Waals surface area contributed by atoms with E-state index in [1.54, 1.807) is 0 Å². The van der Waals surface area contributed by atoms with Crippen LogP contribution in [0.4, 0.5) is 0 Å². The quantitative estimate of drug-likeness (QED) is 0.803. The summed E-state index contributed by atoms with van der Waals surface area (Å²) < 4.78 is 0. The van der Waals surface area contributed by atoms with Crippen molar-refractivity contribution in [2.75, 3.05) is 0 Å². The molecule has 1 amide bonds. The first-order valence-electron chi connectivity index (χ1n) is 6.47. The fraction of sp³-hybridized carbons (Fsp3) is 0.438. The normalized spacial score (nSPS) is 20.7. The Morgan fingerprint density at radius 1 is 1.33 bits per heavy atom. The van der Waals surface area contributed by atoms with E-state index in [-0.39, 0.29) is 17.2 Å². The average Bonchev–Trinajstić information content (AvgIpc) is 2.28. The van der Waals surface area contributed by atoms with Gasteiger partial charge in [-0.25, -0.2) is 0 Å². The lowest BCUT2D eigenvalue weighted by molar-refractivity contribution is -0.122. The number of hydrogen-bond acceptors (Lipinski definition) is 1. The van der Waals surface area contributed by atoms with Gasteiger partial charge in [-0.3, -0.25) is 4.79 Å². The molecule has 1 aliphatic rings. The third kappa shape index (κ3) is 2.63. The van der Waals surface area contributed by atoms with Crippen LogP contribution in [0, 0.1) is 0 Å². The molecule has 0 spiro atoms. The monoisotopic (exact) mass is 243 g/mol. The van der Waals surface area contributed by atoms with E-state index in [1.807, 2.05) is 12.1 Å². The van der Waals surface area contributed by atoms with Crippen LogP contribution < -0.4 is 5.32 Å². The molecule has 0 radical (unpaired) electrons. The maximum Gasteiger partial charge on any atom is 0.231 e. The fourth-order valence-corrected chi connectivity index (χ4v) is 2.31. The maximum absolute atomic E-state index is 12.0. The topological polar surface area (TPSA) is 29.1 Å². The molecule has 0 bridgehead atoms. The van der Waals surface area contributed by atoms with E-state index in [0.717, 1.165) is 24.1 Å². The van der Waals surface area contributed by atoms with Gasteiger partial charge in [0.15, 0.2) is 0 Å². The lowest BCUT2D eigenvalue weighted by Crippen LogP contribution is -2.33. The molecule has 1 heterocycles. The Balaban J connectivity index is 2.29. The molecule has 0 aromatic heterocycles. The minimum atomic E-state index is -0.0298. The van der Waals surface area contributed by atoms with E-state index < -0.39 is 0 Å². The summed E-state index contributed by atoms with van der Waals surface area (Å²) in [6.07, 6.45) is 1.73. The lowest BCUT2D eigenvalue weighted by Gasteiger charge is -2.26. The van der Waals surface area contributed by atoms with E-state index in [2.05, 4.69) is 44.8 Å². The summed E-state index contributed by atoms with van der Waals surface area (Å²) >= 11 is 0. The molecule has 2 rings (SSSR count). The van der Waals surface area contributed by atoms with Gasteiger partial charge in [0.2, 0.25) is 5.91 Å². The predicted octanol–water partition coefficient (Wildman–Crippen LogP) is 3.49. The molecule has 1 saturated heterocycles. The van der Waals surface area contributed by atoms with Gasteiger partial charge >= 0.3 is 0 Å². The van der Waals surface area contributed by atoms with Crippen LogP contribution in [0.5, 0.6) is 0 Å². The molecule has 18 heavy (non-hydrogen) atoms. The summed E-state index contributed by atoms with van der Waals surface area (Å²) in [6, 6.07) is 8.39. The largest absolute Gasteiger partial charge is 0.330 e. The number of rotatable bonds is 1. The van der Waals surface area contributed by atoms with Crippen molar-refractivity contribution in [3.8, 4) is 0 Å². The number of nitrogens with one attached hydrogen (secondary N) is 1. The summed E-state index contributed by atoms with van der Waals surface area (Å²) in [5, 5.41) is 2.85. The summed E-state index contributed by atoms with van der Waals surface area (Å²) in [4.78, 5) is 12.0. The number of carbonyl (C=O) groups is 1. The molecule has 0 aliphatic carbocycles. The summed E-state index contributed by atoms with van der Waals surface area (Å²) in [5.74, 6) is 0.0510. The second-order valence-electron chi connectivity index (χ2n) is 6.06. The molecular weight excluding hydrogens is 222 g/mol. The summed E-state index contributed by atoms with van der Waals surface area (Å²) in [5.41, 5.74) is 3.35. The molecule has 2 nitrogen and oxygen atoms in total. The maximum atomic E-state index is 12.0. The third-order valence-electron chi connectivity index (χ3n) is 3.51. The Hall–Kier alpha value is -1.57. The number of amides is 1. The molecule has 0 saturated carbocycles. The van der Waals surface area contributed by atoms with E-state index in [0.29, 0.717) is 0 Å². The smallest absolute Gasteiger partial charge is 0.231 e. The Kier molecular flexibility index (Phi) is 3.29. The first-order valence-corrected chi connectivity index (χ1v) is 6.47. The molecular formula is C16H21NO. The molecule has 1 N–H and O–H groups in total. The Morgan fingerprint density at radius 3 is 2.67 bits per heavy atom. The third-order valence-corrected chi connectivity index (χ3v) is 3.51. The number of piperidine rings is 1. The van der Waals surface area contributed by atoms with Crippen LogP contribution in [-0.4, -0.2) is 5.91 Å². The Morgan fingerprint density at radius 2 is 2.06 bits per heavy atom. The molecule has 1 aromatic carbocycles. The number of hydrogen-bond donors (Lipinski definition) is 1. The molecule has 96 valence electrons. The van der Waals surface area contributed by atoms with Crippen molar-refractivity contribution in [1.82, 2.24) is 5.32 Å². The molecule has 1 aliphatic heterocycles. The van der Waals surface area contributed by atoms with Crippen LogP contribution in [-0.2, 0) is 10.2 Å². The van der Waals surface area contributed by atoms with Gasteiger partial charge in [0.1, 0.15) is 0 Å². The summed E-state index contributed by atoms with van der Waals surface area (Å²) in [6.45, 7) is 10.4. The van der Waals surface area contributed by atoms with E-state index >= 15 is 0 Å². The highest BCUT2D eigenvalue weighted by atomic mass is 16.1. The second kappa shape index (κ2) is 4.60. The second-order valence-corrected chi connectivity index (χ2v) is 6.06. The van der Waals surface area contributed by atoms with E-state index in [4.69, 9.17) is 0 Å². The van der Waals surface area contributed by atoms with Gasteiger partial charge in [-0.15, -0.1) is 0 Å². The highest BCUT2D eigenvalue weighted by Crippen LogP contribution is 2.30. The lowest BCUT2D eigenvalue weighted by atomic mass is 9.82. The van der Waals surface area contributed by atoms with Crippen LogP contribution in [0.3, 0.4) is 0 Å². The van der Waals surface area contributed by atoms with Gasteiger partial charge in [-0.2, -0.15) is 0 Å². The predicted molar refractivity (Wildman–Crippen MR) is 74.4 cm³/mol. The summed E-state index contributed by atoms with van der Waals surface area (Å²) in [7, 11) is 0. The Bertz CT molecular complexity index is 482. The van der Waals surface area contributed by atoms with E-state index in [9.17, 15) is 4.79 Å². The van der Waals surface area contributed by atoms with Gasteiger partial charge < -0.3 is 5.32 Å². The first kappa shape index (κ1) is 12.9. The molecule has 1 fully saturated rings. The zero-order chi connectivity index (χ0) is 13.3. The first-order chi connectivity index (χ1) is 8.38. The van der Waals surface area contributed by atoms with Crippen molar-refractivity contribution < 1.29 is 4.79 Å². The van der Waals surface area contributed by atoms with Gasteiger partial charge in [-0.1, -0.05) is 51.6 Å². The van der Waals surface area contributed by atoms with Gasteiger partial charge in [0, 0.05) is 5.70 Å². The molecule has 2 heteroatoms. The van der Waals surface area contributed by atoms with Crippen molar-refractivity contribution in [3.63, 3.8) is 0 Å². The fourth-order valence-electron chi connectivity index (χ4n) is 2.31. The molecule has 1 unspecified atom stereocenters. The molecule has 1 aromatic rings. The Labute approximate surface area is 109 Å². The zero-order valence-electron chi connectivity index (χ0n) is 11.4. The van der Waals surface area contributed by atoms with Crippen molar-refractivity contribution in [2.45, 2.75) is 44.9 Å². The van der Waals surface area contributed by atoms with Crippen LogP contribution >= 0.6 is 0 Å². The molecule has 1 atom stereocenters.